The van der Waals surface area contributed by atoms with Gasteiger partial charge in [-0.3, -0.25) is 4.90 Å². The van der Waals surface area contributed by atoms with Crippen LogP contribution in [0.3, 0.4) is 0 Å². The second-order valence-corrected chi connectivity index (χ2v) is 4.69. The van der Waals surface area contributed by atoms with E-state index in [0.717, 1.165) is 12.0 Å². The highest BCUT2D eigenvalue weighted by molar-refractivity contribution is 4.78. The Balaban J connectivity index is 2.47. The molecule has 78 valence electrons. The molecule has 0 aliphatic carbocycles. The molecule has 0 aromatic heterocycles. The predicted octanol–water partition coefficient (Wildman–Crippen LogP) is 1.71. The van der Waals surface area contributed by atoms with Crippen molar-refractivity contribution in [2.45, 2.75) is 46.2 Å². The summed E-state index contributed by atoms with van der Waals surface area (Å²) in [6.45, 7) is 12.9. The van der Waals surface area contributed by atoms with Crippen LogP contribution in [0.4, 0.5) is 0 Å². The van der Waals surface area contributed by atoms with Gasteiger partial charge in [0, 0.05) is 18.6 Å². The molecule has 2 atom stereocenters. The second-order valence-electron chi connectivity index (χ2n) is 4.69. The SMILES string of the molecule is CC1CN(C(C)C(C)C)CCCN1. The number of rotatable bonds is 2. The fourth-order valence-corrected chi connectivity index (χ4v) is 1.93. The summed E-state index contributed by atoms with van der Waals surface area (Å²) in [7, 11) is 0. The molecular formula is C11H24N2. The fraction of sp³-hybridized carbons (Fsp3) is 1.00. The Kier molecular flexibility index (Phi) is 4.20. The minimum Gasteiger partial charge on any atom is -0.313 e. The van der Waals surface area contributed by atoms with E-state index in [1.165, 1.54) is 26.1 Å². The van der Waals surface area contributed by atoms with Gasteiger partial charge in [-0.25, -0.2) is 0 Å². The van der Waals surface area contributed by atoms with E-state index in [1.54, 1.807) is 0 Å². The van der Waals surface area contributed by atoms with Crippen molar-refractivity contribution in [3.05, 3.63) is 0 Å². The smallest absolute Gasteiger partial charge is 0.0166 e. The molecule has 2 unspecified atom stereocenters. The van der Waals surface area contributed by atoms with Crippen LogP contribution in [0.1, 0.15) is 34.1 Å². The van der Waals surface area contributed by atoms with Gasteiger partial charge in [-0.05, 0) is 39.3 Å². The molecule has 1 heterocycles. The minimum atomic E-state index is 0.656. The summed E-state index contributed by atoms with van der Waals surface area (Å²) < 4.78 is 0. The lowest BCUT2D eigenvalue weighted by Crippen LogP contribution is -2.42. The average Bonchev–Trinajstić information content (AvgIpc) is 2.28. The Morgan fingerprint density at radius 1 is 1.31 bits per heavy atom. The molecule has 0 aromatic carbocycles. The summed E-state index contributed by atoms with van der Waals surface area (Å²) in [5, 5.41) is 3.53. The third-order valence-electron chi connectivity index (χ3n) is 3.16. The maximum absolute atomic E-state index is 3.53. The molecule has 0 aromatic rings. The van der Waals surface area contributed by atoms with E-state index in [0.29, 0.717) is 6.04 Å². The van der Waals surface area contributed by atoms with Crippen molar-refractivity contribution in [2.24, 2.45) is 5.92 Å². The second kappa shape index (κ2) is 4.97. The lowest BCUT2D eigenvalue weighted by molar-refractivity contribution is 0.168. The standard InChI is InChI=1S/C11H24N2/c1-9(2)11(4)13-7-5-6-12-10(3)8-13/h9-12H,5-8H2,1-4H3. The highest BCUT2D eigenvalue weighted by atomic mass is 15.2. The maximum Gasteiger partial charge on any atom is 0.0166 e. The zero-order chi connectivity index (χ0) is 9.84. The normalized spacial score (nSPS) is 28.8. The zero-order valence-electron chi connectivity index (χ0n) is 9.51. The van der Waals surface area contributed by atoms with Gasteiger partial charge in [0.15, 0.2) is 0 Å². The topological polar surface area (TPSA) is 15.3 Å². The van der Waals surface area contributed by atoms with Gasteiger partial charge >= 0.3 is 0 Å². The molecule has 2 heteroatoms. The summed E-state index contributed by atoms with van der Waals surface area (Å²) in [5.41, 5.74) is 0. The van der Waals surface area contributed by atoms with E-state index in [4.69, 9.17) is 0 Å². The van der Waals surface area contributed by atoms with Crippen molar-refractivity contribution in [3.63, 3.8) is 0 Å². The van der Waals surface area contributed by atoms with Crippen molar-refractivity contribution in [2.75, 3.05) is 19.6 Å². The van der Waals surface area contributed by atoms with Crippen LogP contribution in [0.15, 0.2) is 0 Å². The molecule has 2 nitrogen and oxygen atoms in total. The van der Waals surface area contributed by atoms with Crippen molar-refractivity contribution in [1.82, 2.24) is 10.2 Å². The van der Waals surface area contributed by atoms with Gasteiger partial charge in [-0.15, -0.1) is 0 Å². The van der Waals surface area contributed by atoms with Crippen molar-refractivity contribution in [1.29, 1.82) is 0 Å². The number of nitrogens with zero attached hydrogens (tertiary/aromatic N) is 1. The Morgan fingerprint density at radius 2 is 2.00 bits per heavy atom. The van der Waals surface area contributed by atoms with Gasteiger partial charge in [0.05, 0.1) is 0 Å². The summed E-state index contributed by atoms with van der Waals surface area (Å²) in [5.74, 6) is 0.769. The highest BCUT2D eigenvalue weighted by Crippen LogP contribution is 2.12. The Labute approximate surface area is 82.7 Å². The third-order valence-corrected chi connectivity index (χ3v) is 3.16. The molecule has 1 rings (SSSR count). The zero-order valence-corrected chi connectivity index (χ0v) is 9.51. The first kappa shape index (κ1) is 11.0. The van der Waals surface area contributed by atoms with Crippen molar-refractivity contribution in [3.8, 4) is 0 Å². The molecule has 1 saturated heterocycles. The summed E-state index contributed by atoms with van der Waals surface area (Å²) >= 11 is 0. The van der Waals surface area contributed by atoms with Crippen molar-refractivity contribution >= 4 is 0 Å². The van der Waals surface area contributed by atoms with Gasteiger partial charge in [-0.1, -0.05) is 13.8 Å². The van der Waals surface area contributed by atoms with Crippen molar-refractivity contribution < 1.29 is 0 Å². The van der Waals surface area contributed by atoms with E-state index < -0.39 is 0 Å². The van der Waals surface area contributed by atoms with E-state index in [-0.39, 0.29) is 0 Å². The number of hydrogen-bond acceptors (Lipinski definition) is 2. The van der Waals surface area contributed by atoms with Gasteiger partial charge in [0.1, 0.15) is 0 Å². The van der Waals surface area contributed by atoms with Crippen LogP contribution in [0.2, 0.25) is 0 Å². The van der Waals surface area contributed by atoms with Gasteiger partial charge < -0.3 is 5.32 Å². The monoisotopic (exact) mass is 184 g/mol. The summed E-state index contributed by atoms with van der Waals surface area (Å²) in [6.07, 6.45) is 1.29. The van der Waals surface area contributed by atoms with Gasteiger partial charge in [0.2, 0.25) is 0 Å². The van der Waals surface area contributed by atoms with Crippen LogP contribution < -0.4 is 5.32 Å². The molecule has 0 amide bonds. The molecule has 0 saturated carbocycles. The molecule has 1 aliphatic rings. The predicted molar refractivity (Wildman–Crippen MR) is 58.0 cm³/mol. The average molecular weight is 184 g/mol. The molecule has 1 fully saturated rings. The van der Waals surface area contributed by atoms with Crippen LogP contribution in [-0.4, -0.2) is 36.6 Å². The molecule has 0 spiro atoms. The Morgan fingerprint density at radius 3 is 2.62 bits per heavy atom. The lowest BCUT2D eigenvalue weighted by atomic mass is 10.0. The molecule has 1 aliphatic heterocycles. The first-order valence-corrected chi connectivity index (χ1v) is 5.58. The highest BCUT2D eigenvalue weighted by Gasteiger charge is 2.20. The molecule has 1 N–H and O–H groups in total. The minimum absolute atomic E-state index is 0.656. The van der Waals surface area contributed by atoms with Crippen LogP contribution in [0, 0.1) is 5.92 Å². The Bertz CT molecular complexity index is 145. The molecule has 13 heavy (non-hydrogen) atoms. The maximum atomic E-state index is 3.53. The van der Waals surface area contributed by atoms with Gasteiger partial charge in [0.25, 0.3) is 0 Å². The molecule has 0 radical (unpaired) electrons. The molecule has 0 bridgehead atoms. The largest absolute Gasteiger partial charge is 0.313 e. The van der Waals surface area contributed by atoms with E-state index in [1.807, 2.05) is 0 Å². The fourth-order valence-electron chi connectivity index (χ4n) is 1.93. The third kappa shape index (κ3) is 3.28. The number of hydrogen-bond donors (Lipinski definition) is 1. The van der Waals surface area contributed by atoms with Crippen LogP contribution in [-0.2, 0) is 0 Å². The summed E-state index contributed by atoms with van der Waals surface area (Å²) in [6, 6.07) is 1.38. The van der Waals surface area contributed by atoms with Crippen LogP contribution in [0.5, 0.6) is 0 Å². The first-order chi connectivity index (χ1) is 6.11. The molecular weight excluding hydrogens is 160 g/mol. The van der Waals surface area contributed by atoms with Gasteiger partial charge in [-0.2, -0.15) is 0 Å². The van der Waals surface area contributed by atoms with E-state index in [9.17, 15) is 0 Å². The quantitative estimate of drug-likeness (QED) is 0.703. The number of nitrogens with one attached hydrogen (secondary N) is 1. The van der Waals surface area contributed by atoms with E-state index >= 15 is 0 Å². The van der Waals surface area contributed by atoms with E-state index in [2.05, 4.69) is 37.9 Å². The summed E-state index contributed by atoms with van der Waals surface area (Å²) in [4.78, 5) is 2.62. The first-order valence-electron chi connectivity index (χ1n) is 5.58. The van der Waals surface area contributed by atoms with Crippen LogP contribution >= 0.6 is 0 Å². The van der Waals surface area contributed by atoms with Crippen LogP contribution in [0.25, 0.3) is 0 Å². The Hall–Kier alpha value is -0.0800. The lowest BCUT2D eigenvalue weighted by Gasteiger charge is -2.31.